The average Bonchev–Trinajstić information content (AvgIpc) is 3.37. The number of rotatable bonds is 7. The molecular formula is C25H28N4O3S. The minimum absolute atomic E-state index is 0.0514. The Labute approximate surface area is 194 Å². The van der Waals surface area contributed by atoms with Gasteiger partial charge < -0.3 is 5.11 Å². The summed E-state index contributed by atoms with van der Waals surface area (Å²) in [5.74, 6) is 0.0628. The fourth-order valence-corrected chi connectivity index (χ4v) is 4.84. The summed E-state index contributed by atoms with van der Waals surface area (Å²) in [5.41, 5.74) is 2.78. The number of aromatic nitrogens is 4. The normalized spacial score (nSPS) is 12.9. The second kappa shape index (κ2) is 11.5. The summed E-state index contributed by atoms with van der Waals surface area (Å²) in [5, 5.41) is 19.7. The van der Waals surface area contributed by atoms with Gasteiger partial charge in [0.05, 0.1) is 11.4 Å². The topological polar surface area (TPSA) is 98.0 Å². The Morgan fingerprint density at radius 1 is 0.788 bits per heavy atom. The second-order valence-electron chi connectivity index (χ2n) is 7.80. The molecule has 0 radical (unpaired) electrons. The monoisotopic (exact) mass is 464 g/mol. The molecule has 33 heavy (non-hydrogen) atoms. The number of hydrogen-bond acceptors (Lipinski definition) is 6. The number of tetrazole rings is 1. The molecule has 0 bridgehead atoms. The first-order chi connectivity index (χ1) is 15.9. The molecule has 0 amide bonds. The predicted octanol–water partition coefficient (Wildman–Crippen LogP) is 4.02. The molecule has 0 spiro atoms. The second-order valence-corrected chi connectivity index (χ2v) is 9.72. The smallest absolute Gasteiger partial charge is 0.272 e. The van der Waals surface area contributed by atoms with Crippen molar-refractivity contribution in [2.45, 2.75) is 30.8 Å². The number of para-hydroxylation sites is 1. The van der Waals surface area contributed by atoms with Crippen molar-refractivity contribution in [3.05, 3.63) is 102 Å². The van der Waals surface area contributed by atoms with Crippen molar-refractivity contribution in [2.24, 2.45) is 0 Å². The van der Waals surface area contributed by atoms with E-state index < -0.39 is 9.84 Å². The summed E-state index contributed by atoms with van der Waals surface area (Å²) in [6, 6.07) is 28.5. The van der Waals surface area contributed by atoms with E-state index in [0.29, 0.717) is 5.69 Å². The van der Waals surface area contributed by atoms with E-state index in [0.717, 1.165) is 5.56 Å². The van der Waals surface area contributed by atoms with Crippen LogP contribution >= 0.6 is 0 Å². The minimum atomic E-state index is -3.62. The van der Waals surface area contributed by atoms with Crippen molar-refractivity contribution >= 4 is 9.84 Å². The van der Waals surface area contributed by atoms with Gasteiger partial charge >= 0.3 is 0 Å². The van der Waals surface area contributed by atoms with Gasteiger partial charge in [-0.15, -0.1) is 0 Å². The summed E-state index contributed by atoms with van der Waals surface area (Å²) >= 11 is 0. The molecule has 1 aromatic heterocycles. The maximum atomic E-state index is 12.7. The highest BCUT2D eigenvalue weighted by Crippen LogP contribution is 2.21. The van der Waals surface area contributed by atoms with E-state index in [1.807, 2.05) is 80.6 Å². The van der Waals surface area contributed by atoms with Gasteiger partial charge in [-0.2, -0.15) is 4.68 Å². The molecule has 7 nitrogen and oxygen atoms in total. The number of nitrogens with zero attached hydrogens (tertiary/aromatic N) is 4. The lowest BCUT2D eigenvalue weighted by atomic mass is 10.0. The van der Waals surface area contributed by atoms with E-state index in [4.69, 9.17) is 5.11 Å². The van der Waals surface area contributed by atoms with Gasteiger partial charge in [-0.1, -0.05) is 97.8 Å². The lowest BCUT2D eigenvalue weighted by Crippen LogP contribution is -2.17. The molecule has 1 heterocycles. The van der Waals surface area contributed by atoms with Gasteiger partial charge in [-0.25, -0.2) is 8.42 Å². The summed E-state index contributed by atoms with van der Waals surface area (Å²) in [6.07, 6.45) is 0. The highest BCUT2D eigenvalue weighted by atomic mass is 32.2. The van der Waals surface area contributed by atoms with E-state index in [1.165, 1.54) is 10.2 Å². The maximum Gasteiger partial charge on any atom is 0.272 e. The van der Waals surface area contributed by atoms with Crippen molar-refractivity contribution in [1.29, 1.82) is 0 Å². The molecule has 0 fully saturated rings. The van der Waals surface area contributed by atoms with Crippen molar-refractivity contribution < 1.29 is 13.5 Å². The van der Waals surface area contributed by atoms with Crippen LogP contribution in [0.15, 0.2) is 96.2 Å². The lowest BCUT2D eigenvalue weighted by molar-refractivity contribution is 0.273. The number of aliphatic hydroxyl groups is 1. The summed E-state index contributed by atoms with van der Waals surface area (Å²) in [6.45, 7) is 4.11. The molecule has 1 N–H and O–H groups in total. The quantitative estimate of drug-likeness (QED) is 0.444. The standard InChI is InChI=1S/C16H16N4O2S.C9H12O/c1-13(14-8-4-2-5-9-14)12-23(21,22)16-17-18-19-20(16)15-10-6-3-7-11-15;1-8(7-10)9-5-3-2-4-6-9/h2-11,13H,12H2,1H3;2-6,8,10H,7H2,1H3. The molecule has 0 aliphatic carbocycles. The number of benzene rings is 3. The third-order valence-electron chi connectivity index (χ3n) is 5.20. The summed E-state index contributed by atoms with van der Waals surface area (Å²) < 4.78 is 26.7. The first-order valence-electron chi connectivity index (χ1n) is 10.7. The fraction of sp³-hybridized carbons (Fsp3) is 0.240. The third-order valence-corrected chi connectivity index (χ3v) is 6.95. The molecule has 4 aromatic rings. The Morgan fingerprint density at radius 3 is 1.79 bits per heavy atom. The highest BCUT2D eigenvalue weighted by Gasteiger charge is 2.26. The van der Waals surface area contributed by atoms with Crippen molar-refractivity contribution in [3.63, 3.8) is 0 Å². The maximum absolute atomic E-state index is 12.7. The van der Waals surface area contributed by atoms with E-state index in [-0.39, 0.29) is 29.4 Å². The SMILES string of the molecule is CC(CO)c1ccccc1.CC(CS(=O)(=O)c1nnnn1-c1ccccc1)c1ccccc1. The van der Waals surface area contributed by atoms with Gasteiger partial charge in [-0.3, -0.25) is 0 Å². The molecule has 0 aliphatic rings. The molecule has 2 atom stereocenters. The summed E-state index contributed by atoms with van der Waals surface area (Å²) in [4.78, 5) is 0. The van der Waals surface area contributed by atoms with Crippen LogP contribution in [0.5, 0.6) is 0 Å². The van der Waals surface area contributed by atoms with Crippen LogP contribution in [0.2, 0.25) is 0 Å². The van der Waals surface area contributed by atoms with Gasteiger partial charge in [0.15, 0.2) is 0 Å². The Kier molecular flexibility index (Phi) is 8.46. The zero-order valence-electron chi connectivity index (χ0n) is 18.7. The molecule has 0 saturated heterocycles. The van der Waals surface area contributed by atoms with Crippen LogP contribution in [0.4, 0.5) is 0 Å². The molecule has 8 heteroatoms. The van der Waals surface area contributed by atoms with Crippen molar-refractivity contribution in [3.8, 4) is 5.69 Å². The highest BCUT2D eigenvalue weighted by molar-refractivity contribution is 7.91. The van der Waals surface area contributed by atoms with Crippen LogP contribution in [0.3, 0.4) is 0 Å². The van der Waals surface area contributed by atoms with Crippen molar-refractivity contribution in [2.75, 3.05) is 12.4 Å². The van der Waals surface area contributed by atoms with Crippen LogP contribution in [0.1, 0.15) is 36.8 Å². The van der Waals surface area contributed by atoms with Gasteiger partial charge in [-0.05, 0) is 39.6 Å². The Morgan fingerprint density at radius 2 is 1.27 bits per heavy atom. The van der Waals surface area contributed by atoms with E-state index >= 15 is 0 Å². The third kappa shape index (κ3) is 6.57. The van der Waals surface area contributed by atoms with Gasteiger partial charge in [0.1, 0.15) is 0 Å². The molecule has 0 saturated carbocycles. The van der Waals surface area contributed by atoms with Crippen LogP contribution in [0, 0.1) is 0 Å². The number of aliphatic hydroxyl groups excluding tert-OH is 1. The zero-order chi connectivity index (χ0) is 23.7. The fourth-order valence-electron chi connectivity index (χ4n) is 3.27. The number of sulfone groups is 1. The first kappa shape index (κ1) is 24.3. The van der Waals surface area contributed by atoms with Gasteiger partial charge in [0, 0.05) is 12.5 Å². The Bertz CT molecular complexity index is 1210. The molecule has 4 rings (SSSR count). The minimum Gasteiger partial charge on any atom is -0.396 e. The molecule has 0 aliphatic heterocycles. The molecule has 2 unspecified atom stereocenters. The van der Waals surface area contributed by atoms with Crippen LogP contribution in [-0.4, -0.2) is 46.1 Å². The zero-order valence-corrected chi connectivity index (χ0v) is 19.5. The Balaban J connectivity index is 0.000000257. The van der Waals surface area contributed by atoms with Crippen LogP contribution < -0.4 is 0 Å². The predicted molar refractivity (Wildman–Crippen MR) is 128 cm³/mol. The van der Waals surface area contributed by atoms with Crippen LogP contribution in [0.25, 0.3) is 5.69 Å². The largest absolute Gasteiger partial charge is 0.396 e. The van der Waals surface area contributed by atoms with Crippen molar-refractivity contribution in [1.82, 2.24) is 20.2 Å². The lowest BCUT2D eigenvalue weighted by Gasteiger charge is -2.12. The van der Waals surface area contributed by atoms with E-state index in [2.05, 4.69) is 15.5 Å². The average molecular weight is 465 g/mol. The van der Waals surface area contributed by atoms with E-state index in [9.17, 15) is 8.42 Å². The Hall–Kier alpha value is -3.36. The van der Waals surface area contributed by atoms with Gasteiger partial charge in [0.25, 0.3) is 5.16 Å². The summed E-state index contributed by atoms with van der Waals surface area (Å²) in [7, 11) is -3.62. The number of hydrogen-bond donors (Lipinski definition) is 1. The molecular weight excluding hydrogens is 436 g/mol. The first-order valence-corrected chi connectivity index (χ1v) is 12.3. The van der Waals surface area contributed by atoms with Crippen LogP contribution in [-0.2, 0) is 9.84 Å². The molecule has 172 valence electrons. The van der Waals surface area contributed by atoms with Gasteiger partial charge in [0.2, 0.25) is 9.84 Å². The molecule has 3 aromatic carbocycles. The van der Waals surface area contributed by atoms with E-state index in [1.54, 1.807) is 24.3 Å².